The largest absolute Gasteiger partial charge is 0.454 e. The molecule has 23 heavy (non-hydrogen) atoms. The zero-order valence-electron chi connectivity index (χ0n) is 12.5. The number of rotatable bonds is 4. The highest BCUT2D eigenvalue weighted by atomic mass is 32.2. The summed E-state index contributed by atoms with van der Waals surface area (Å²) in [6.07, 6.45) is 0. The fourth-order valence-electron chi connectivity index (χ4n) is 2.34. The van der Waals surface area contributed by atoms with E-state index >= 15 is 0 Å². The van der Waals surface area contributed by atoms with Gasteiger partial charge in [-0.05, 0) is 36.8 Å². The molecule has 6 heteroatoms. The van der Waals surface area contributed by atoms with Crippen molar-refractivity contribution in [1.29, 1.82) is 0 Å². The number of aryl methyl sites for hydroxylation is 1. The molecule has 0 unspecified atom stereocenters. The van der Waals surface area contributed by atoms with E-state index in [2.05, 4.69) is 10.2 Å². The molecule has 1 aliphatic heterocycles. The van der Waals surface area contributed by atoms with Crippen LogP contribution in [0.25, 0.3) is 11.5 Å². The quantitative estimate of drug-likeness (QED) is 0.674. The Bertz CT molecular complexity index is 847. The molecule has 0 spiro atoms. The van der Waals surface area contributed by atoms with E-state index in [0.29, 0.717) is 11.1 Å². The van der Waals surface area contributed by atoms with Crippen molar-refractivity contribution < 1.29 is 13.9 Å². The van der Waals surface area contributed by atoms with Gasteiger partial charge >= 0.3 is 0 Å². The first-order valence-corrected chi connectivity index (χ1v) is 8.18. The van der Waals surface area contributed by atoms with Gasteiger partial charge in [0.1, 0.15) is 0 Å². The van der Waals surface area contributed by atoms with Crippen molar-refractivity contribution in [2.45, 2.75) is 17.9 Å². The minimum atomic E-state index is 0.287. The van der Waals surface area contributed by atoms with Crippen LogP contribution in [0.5, 0.6) is 11.5 Å². The van der Waals surface area contributed by atoms with Crippen LogP contribution in [0.1, 0.15) is 11.1 Å². The summed E-state index contributed by atoms with van der Waals surface area (Å²) in [6.45, 7) is 2.32. The van der Waals surface area contributed by atoms with E-state index in [9.17, 15) is 0 Å². The molecule has 1 aliphatic rings. The van der Waals surface area contributed by atoms with Gasteiger partial charge in [0.15, 0.2) is 11.5 Å². The van der Waals surface area contributed by atoms with Gasteiger partial charge in [-0.15, -0.1) is 10.2 Å². The van der Waals surface area contributed by atoms with Gasteiger partial charge in [0, 0.05) is 11.3 Å². The van der Waals surface area contributed by atoms with Crippen LogP contribution >= 0.6 is 11.8 Å². The average molecular weight is 326 g/mol. The van der Waals surface area contributed by atoms with E-state index in [1.165, 1.54) is 11.8 Å². The smallest absolute Gasteiger partial charge is 0.277 e. The topological polar surface area (TPSA) is 57.4 Å². The molecule has 116 valence electrons. The molecule has 0 amide bonds. The second-order valence-corrected chi connectivity index (χ2v) is 6.15. The van der Waals surface area contributed by atoms with Gasteiger partial charge in [0.2, 0.25) is 12.7 Å². The molecule has 0 atom stereocenters. The number of benzene rings is 2. The second-order valence-electron chi connectivity index (χ2n) is 5.22. The first-order valence-electron chi connectivity index (χ1n) is 7.20. The third-order valence-corrected chi connectivity index (χ3v) is 4.36. The number of hydrogen-bond donors (Lipinski definition) is 0. The molecule has 5 nitrogen and oxygen atoms in total. The first kappa shape index (κ1) is 14.1. The second kappa shape index (κ2) is 5.96. The third kappa shape index (κ3) is 3.03. The minimum absolute atomic E-state index is 0.287. The average Bonchev–Trinajstić information content (AvgIpc) is 3.21. The van der Waals surface area contributed by atoms with Crippen molar-refractivity contribution in [1.82, 2.24) is 10.2 Å². The summed E-state index contributed by atoms with van der Waals surface area (Å²) in [6, 6.07) is 13.9. The summed E-state index contributed by atoms with van der Waals surface area (Å²) >= 11 is 1.50. The van der Waals surface area contributed by atoms with Gasteiger partial charge < -0.3 is 13.9 Å². The number of aromatic nitrogens is 2. The van der Waals surface area contributed by atoms with Crippen LogP contribution in [-0.2, 0) is 5.75 Å². The molecule has 0 fully saturated rings. The minimum Gasteiger partial charge on any atom is -0.454 e. The SMILES string of the molecule is Cc1cccc(-c2nnc(SCc3ccc4c(c3)OCO4)o2)c1. The Morgan fingerprint density at radius 1 is 1.04 bits per heavy atom. The van der Waals surface area contributed by atoms with Crippen LogP contribution in [0.4, 0.5) is 0 Å². The maximum atomic E-state index is 5.72. The van der Waals surface area contributed by atoms with Gasteiger partial charge in [-0.1, -0.05) is 35.5 Å². The molecule has 0 saturated heterocycles. The molecule has 0 saturated carbocycles. The van der Waals surface area contributed by atoms with Gasteiger partial charge in [0.25, 0.3) is 5.22 Å². The van der Waals surface area contributed by atoms with Gasteiger partial charge in [-0.3, -0.25) is 0 Å². The highest BCUT2D eigenvalue weighted by molar-refractivity contribution is 7.98. The number of hydrogen-bond acceptors (Lipinski definition) is 6. The summed E-state index contributed by atoms with van der Waals surface area (Å²) < 4.78 is 16.4. The third-order valence-electron chi connectivity index (χ3n) is 3.47. The van der Waals surface area contributed by atoms with Crippen LogP contribution in [0.15, 0.2) is 52.1 Å². The predicted octanol–water partition coefficient (Wildman–Crippen LogP) is 4.07. The number of nitrogens with zero attached hydrogens (tertiary/aromatic N) is 2. The Hall–Kier alpha value is -2.47. The zero-order valence-corrected chi connectivity index (χ0v) is 13.3. The van der Waals surface area contributed by atoms with Crippen molar-refractivity contribution in [2.24, 2.45) is 0 Å². The Morgan fingerprint density at radius 3 is 2.87 bits per heavy atom. The number of thioether (sulfide) groups is 1. The summed E-state index contributed by atoms with van der Waals surface area (Å²) in [5, 5.41) is 8.77. The van der Waals surface area contributed by atoms with E-state index in [-0.39, 0.29) is 6.79 Å². The lowest BCUT2D eigenvalue weighted by molar-refractivity contribution is 0.174. The predicted molar refractivity (Wildman–Crippen MR) is 86.6 cm³/mol. The Morgan fingerprint density at radius 2 is 1.96 bits per heavy atom. The maximum absolute atomic E-state index is 5.72. The normalized spacial score (nSPS) is 12.6. The van der Waals surface area contributed by atoms with Crippen LogP contribution in [0, 0.1) is 6.92 Å². The molecular weight excluding hydrogens is 312 g/mol. The Kier molecular flexibility index (Phi) is 3.67. The first-order chi connectivity index (χ1) is 11.3. The fraction of sp³-hybridized carbons (Fsp3) is 0.176. The van der Waals surface area contributed by atoms with Gasteiger partial charge in [0.05, 0.1) is 0 Å². The lowest BCUT2D eigenvalue weighted by atomic mass is 10.1. The van der Waals surface area contributed by atoms with Gasteiger partial charge in [-0.2, -0.15) is 0 Å². The molecule has 4 rings (SSSR count). The van der Waals surface area contributed by atoms with Crippen LogP contribution in [-0.4, -0.2) is 17.0 Å². The van der Waals surface area contributed by atoms with Crippen molar-refractivity contribution in [3.63, 3.8) is 0 Å². The monoisotopic (exact) mass is 326 g/mol. The molecule has 2 aromatic carbocycles. The molecular formula is C17H14N2O3S. The molecule has 1 aromatic heterocycles. The Labute approximate surface area is 137 Å². The number of fused-ring (bicyclic) bond motifs is 1. The summed E-state index contributed by atoms with van der Waals surface area (Å²) in [5.74, 6) is 2.85. The highest BCUT2D eigenvalue weighted by Crippen LogP contribution is 2.34. The van der Waals surface area contributed by atoms with E-state index in [4.69, 9.17) is 13.9 Å². The van der Waals surface area contributed by atoms with E-state index in [0.717, 1.165) is 33.9 Å². The van der Waals surface area contributed by atoms with Gasteiger partial charge in [-0.25, -0.2) is 0 Å². The van der Waals surface area contributed by atoms with E-state index < -0.39 is 0 Å². The van der Waals surface area contributed by atoms with Crippen molar-refractivity contribution in [3.05, 3.63) is 53.6 Å². The van der Waals surface area contributed by atoms with Crippen molar-refractivity contribution in [3.8, 4) is 23.0 Å². The maximum Gasteiger partial charge on any atom is 0.277 e. The Balaban J connectivity index is 1.46. The van der Waals surface area contributed by atoms with E-state index in [1.807, 2.05) is 49.4 Å². The van der Waals surface area contributed by atoms with Crippen molar-refractivity contribution in [2.75, 3.05) is 6.79 Å². The van der Waals surface area contributed by atoms with E-state index in [1.54, 1.807) is 0 Å². The lowest BCUT2D eigenvalue weighted by Crippen LogP contribution is -1.92. The molecule has 0 aliphatic carbocycles. The molecule has 3 aromatic rings. The standard InChI is InChI=1S/C17H14N2O3S/c1-11-3-2-4-13(7-11)16-18-19-17(22-16)23-9-12-5-6-14-15(8-12)21-10-20-14/h2-8H,9-10H2,1H3. The highest BCUT2D eigenvalue weighted by Gasteiger charge is 2.14. The lowest BCUT2D eigenvalue weighted by Gasteiger charge is -2.00. The molecule has 2 heterocycles. The van der Waals surface area contributed by atoms with Crippen LogP contribution in [0.2, 0.25) is 0 Å². The zero-order chi connectivity index (χ0) is 15.6. The molecule has 0 radical (unpaired) electrons. The summed E-state index contributed by atoms with van der Waals surface area (Å²) in [4.78, 5) is 0. The van der Waals surface area contributed by atoms with Crippen LogP contribution < -0.4 is 9.47 Å². The fourth-order valence-corrected chi connectivity index (χ4v) is 3.04. The summed E-state index contributed by atoms with van der Waals surface area (Å²) in [5.41, 5.74) is 3.22. The van der Waals surface area contributed by atoms with Crippen molar-refractivity contribution >= 4 is 11.8 Å². The molecule has 0 N–H and O–H groups in total. The van der Waals surface area contributed by atoms with Crippen LogP contribution in [0.3, 0.4) is 0 Å². The number of ether oxygens (including phenoxy) is 2. The molecule has 0 bridgehead atoms. The summed E-state index contributed by atoms with van der Waals surface area (Å²) in [7, 11) is 0.